The largest absolute Gasteiger partial charge is 0.375 e. The smallest absolute Gasteiger partial charge is 0.144 e. The molecule has 1 aliphatic heterocycles. The second kappa shape index (κ2) is 5.78. The van der Waals surface area contributed by atoms with Crippen molar-refractivity contribution in [1.82, 2.24) is 0 Å². The molecule has 0 aromatic heterocycles. The van der Waals surface area contributed by atoms with Gasteiger partial charge in [-0.1, -0.05) is 37.3 Å². The van der Waals surface area contributed by atoms with Crippen LogP contribution in [0.25, 0.3) is 0 Å². The van der Waals surface area contributed by atoms with E-state index in [0.717, 1.165) is 22.6 Å². The Morgan fingerprint density at radius 1 is 1.04 bits per heavy atom. The van der Waals surface area contributed by atoms with E-state index in [2.05, 4.69) is 23.6 Å². The number of para-hydroxylation sites is 2. The summed E-state index contributed by atoms with van der Waals surface area (Å²) in [6, 6.07) is 14.1. The first-order valence-electron chi connectivity index (χ1n) is 8.24. The summed E-state index contributed by atoms with van der Waals surface area (Å²) < 4.78 is 13.3. The molecule has 0 unspecified atom stereocenters. The molecule has 24 heavy (non-hydrogen) atoms. The Morgan fingerprint density at radius 3 is 2.50 bits per heavy atom. The lowest BCUT2D eigenvalue weighted by atomic mass is 9.79. The molecular formula is C20H19FN2O. The predicted octanol–water partition coefficient (Wildman–Crippen LogP) is 4.51. The number of hydrogen-bond acceptors (Lipinski definition) is 3. The van der Waals surface area contributed by atoms with Gasteiger partial charge in [-0.25, -0.2) is 4.39 Å². The second-order valence-electron chi connectivity index (χ2n) is 6.59. The van der Waals surface area contributed by atoms with Gasteiger partial charge in [0.05, 0.1) is 23.3 Å². The molecule has 0 radical (unpaired) electrons. The number of nitrogens with one attached hydrogen (secondary N) is 2. The minimum absolute atomic E-state index is 0.210. The van der Waals surface area contributed by atoms with Crippen molar-refractivity contribution in [1.29, 1.82) is 0 Å². The maximum absolute atomic E-state index is 13.3. The van der Waals surface area contributed by atoms with Crippen molar-refractivity contribution in [3.63, 3.8) is 0 Å². The van der Waals surface area contributed by atoms with Crippen LogP contribution in [0.5, 0.6) is 0 Å². The Morgan fingerprint density at radius 2 is 1.75 bits per heavy atom. The van der Waals surface area contributed by atoms with Crippen molar-refractivity contribution in [2.45, 2.75) is 19.4 Å². The first kappa shape index (κ1) is 14.9. The molecule has 4 heteroatoms. The lowest BCUT2D eigenvalue weighted by Crippen LogP contribution is -2.33. The number of Topliss-reactive ketones (excluding diaryl/α,β-unsaturated/α-hetero) is 1. The van der Waals surface area contributed by atoms with Gasteiger partial charge in [-0.15, -0.1) is 0 Å². The molecule has 2 aromatic carbocycles. The Kier molecular flexibility index (Phi) is 3.60. The fourth-order valence-electron chi connectivity index (χ4n) is 3.64. The fraction of sp³-hybridized carbons (Fsp3) is 0.250. The Labute approximate surface area is 140 Å². The van der Waals surface area contributed by atoms with E-state index in [9.17, 15) is 9.18 Å². The third kappa shape index (κ3) is 2.58. The molecule has 0 spiro atoms. The summed E-state index contributed by atoms with van der Waals surface area (Å²) in [6.45, 7) is 2.06. The van der Waals surface area contributed by atoms with Crippen LogP contribution in [0.2, 0.25) is 0 Å². The molecule has 0 saturated heterocycles. The summed E-state index contributed by atoms with van der Waals surface area (Å²) in [5, 5.41) is 6.93. The summed E-state index contributed by atoms with van der Waals surface area (Å²) in [5.74, 6) is -0.137. The van der Waals surface area contributed by atoms with Gasteiger partial charge in [0.25, 0.3) is 0 Å². The molecule has 0 saturated carbocycles. The topological polar surface area (TPSA) is 41.1 Å². The summed E-state index contributed by atoms with van der Waals surface area (Å²) >= 11 is 0. The molecule has 1 aliphatic carbocycles. The molecule has 3 atom stereocenters. The number of carbonyl (C=O) groups excluding carboxylic acids is 1. The predicted molar refractivity (Wildman–Crippen MR) is 93.2 cm³/mol. The number of hydrogen-bond donors (Lipinski definition) is 2. The van der Waals surface area contributed by atoms with E-state index in [1.54, 1.807) is 12.1 Å². The van der Waals surface area contributed by atoms with Gasteiger partial charge in [-0.3, -0.25) is 4.79 Å². The normalized spacial score (nSPS) is 25.5. The number of benzene rings is 2. The Hall–Kier alpha value is -2.62. The third-order valence-electron chi connectivity index (χ3n) is 4.75. The van der Waals surface area contributed by atoms with Crippen molar-refractivity contribution in [3.8, 4) is 0 Å². The summed E-state index contributed by atoms with van der Waals surface area (Å²) in [6.07, 6.45) is 2.68. The second-order valence-corrected chi connectivity index (χ2v) is 6.59. The molecule has 4 rings (SSSR count). The summed E-state index contributed by atoms with van der Waals surface area (Å²) in [5.41, 5.74) is 3.75. The van der Waals surface area contributed by atoms with Gasteiger partial charge in [0.2, 0.25) is 0 Å². The van der Waals surface area contributed by atoms with Crippen LogP contribution in [0.15, 0.2) is 60.3 Å². The van der Waals surface area contributed by atoms with Gasteiger partial charge in [0.1, 0.15) is 11.6 Å². The van der Waals surface area contributed by atoms with Crippen molar-refractivity contribution >= 4 is 17.2 Å². The van der Waals surface area contributed by atoms with Crippen molar-refractivity contribution in [3.05, 3.63) is 71.7 Å². The number of fused-ring (bicyclic) bond motifs is 2. The molecule has 0 fully saturated rings. The average Bonchev–Trinajstić information content (AvgIpc) is 2.72. The van der Waals surface area contributed by atoms with E-state index < -0.39 is 0 Å². The number of halogens is 1. The zero-order valence-corrected chi connectivity index (χ0v) is 13.4. The Bertz CT molecular complexity index is 813. The first-order valence-corrected chi connectivity index (χ1v) is 8.24. The highest BCUT2D eigenvalue weighted by atomic mass is 19.1. The van der Waals surface area contributed by atoms with Crippen LogP contribution < -0.4 is 10.6 Å². The zero-order valence-electron chi connectivity index (χ0n) is 13.4. The van der Waals surface area contributed by atoms with Gasteiger partial charge in [0.15, 0.2) is 0 Å². The highest BCUT2D eigenvalue weighted by Crippen LogP contribution is 2.42. The number of rotatable bonds is 1. The number of ketones is 1. The quantitative estimate of drug-likeness (QED) is 0.811. The van der Waals surface area contributed by atoms with E-state index in [0.29, 0.717) is 6.42 Å². The number of carbonyl (C=O) groups is 1. The van der Waals surface area contributed by atoms with E-state index in [1.807, 2.05) is 24.3 Å². The molecule has 2 aliphatic rings. The fourth-order valence-corrected chi connectivity index (χ4v) is 3.64. The SMILES string of the molecule is C[C@H]1C=C2Nc3ccccc3N[C@H](c3ccc(F)cc3)[C@H]2C(=O)C1. The zero-order chi connectivity index (χ0) is 16.7. The molecule has 2 aromatic rings. The monoisotopic (exact) mass is 322 g/mol. The molecule has 122 valence electrons. The van der Waals surface area contributed by atoms with Gasteiger partial charge in [0, 0.05) is 12.1 Å². The van der Waals surface area contributed by atoms with Crippen LogP contribution in [0.1, 0.15) is 24.9 Å². The maximum Gasteiger partial charge on any atom is 0.144 e. The lowest BCUT2D eigenvalue weighted by molar-refractivity contribution is -0.123. The van der Waals surface area contributed by atoms with E-state index in [4.69, 9.17) is 0 Å². The summed E-state index contributed by atoms with van der Waals surface area (Å²) in [4.78, 5) is 12.8. The summed E-state index contributed by atoms with van der Waals surface area (Å²) in [7, 11) is 0. The van der Waals surface area contributed by atoms with E-state index in [1.165, 1.54) is 12.1 Å². The minimum Gasteiger partial charge on any atom is -0.375 e. The standard InChI is InChI=1S/C20H19FN2O/c1-12-10-17-19(18(24)11-12)20(13-6-8-14(21)9-7-13)23-16-5-3-2-4-15(16)22-17/h2-10,12,19-20,22-23H,11H2,1H3/t12-,19+,20+/m0/s1. The molecule has 0 amide bonds. The molecule has 2 N–H and O–H groups in total. The van der Waals surface area contributed by atoms with E-state index in [-0.39, 0.29) is 29.5 Å². The molecule has 3 nitrogen and oxygen atoms in total. The third-order valence-corrected chi connectivity index (χ3v) is 4.75. The van der Waals surface area contributed by atoms with Crippen molar-refractivity contribution in [2.75, 3.05) is 10.6 Å². The number of allylic oxidation sites excluding steroid dienone is 1. The highest BCUT2D eigenvalue weighted by molar-refractivity contribution is 5.89. The van der Waals surface area contributed by atoms with Crippen LogP contribution in [0, 0.1) is 17.7 Å². The minimum atomic E-state index is -0.293. The van der Waals surface area contributed by atoms with Crippen LogP contribution in [-0.4, -0.2) is 5.78 Å². The van der Waals surface area contributed by atoms with Crippen LogP contribution >= 0.6 is 0 Å². The lowest BCUT2D eigenvalue weighted by Gasteiger charge is -2.31. The molecule has 0 bridgehead atoms. The van der Waals surface area contributed by atoms with E-state index >= 15 is 0 Å². The van der Waals surface area contributed by atoms with Gasteiger partial charge >= 0.3 is 0 Å². The number of anilines is 2. The van der Waals surface area contributed by atoms with Crippen LogP contribution in [0.3, 0.4) is 0 Å². The molecule has 1 heterocycles. The maximum atomic E-state index is 13.3. The highest BCUT2D eigenvalue weighted by Gasteiger charge is 2.38. The van der Waals surface area contributed by atoms with Crippen LogP contribution in [0.4, 0.5) is 15.8 Å². The van der Waals surface area contributed by atoms with Crippen molar-refractivity contribution < 1.29 is 9.18 Å². The first-order chi connectivity index (χ1) is 11.6. The average molecular weight is 322 g/mol. The van der Waals surface area contributed by atoms with Gasteiger partial charge in [-0.05, 0) is 35.7 Å². The molecular weight excluding hydrogens is 303 g/mol. The van der Waals surface area contributed by atoms with Crippen molar-refractivity contribution in [2.24, 2.45) is 11.8 Å². The van der Waals surface area contributed by atoms with Gasteiger partial charge in [-0.2, -0.15) is 0 Å². The van der Waals surface area contributed by atoms with Gasteiger partial charge < -0.3 is 10.6 Å². The Balaban J connectivity index is 1.85. The van der Waals surface area contributed by atoms with Crippen LogP contribution in [-0.2, 0) is 4.79 Å².